The van der Waals surface area contributed by atoms with E-state index < -0.39 is 0 Å². The van der Waals surface area contributed by atoms with Crippen molar-refractivity contribution in [3.8, 4) is 0 Å². The molecule has 0 aliphatic carbocycles. The van der Waals surface area contributed by atoms with Gasteiger partial charge in [-0.05, 0) is 18.6 Å². The number of para-hydroxylation sites is 1. The molecule has 1 aliphatic rings. The van der Waals surface area contributed by atoms with Crippen molar-refractivity contribution in [2.75, 3.05) is 26.2 Å². The first-order chi connectivity index (χ1) is 8.33. The van der Waals surface area contributed by atoms with Crippen LogP contribution in [0.2, 0.25) is 0 Å². The summed E-state index contributed by atoms with van der Waals surface area (Å²) in [5, 5.41) is 4.58. The van der Waals surface area contributed by atoms with Crippen LogP contribution < -0.4 is 5.32 Å². The molecular weight excluding hydrogens is 212 g/mol. The van der Waals surface area contributed by atoms with Gasteiger partial charge in [-0.15, -0.1) is 0 Å². The Labute approximate surface area is 101 Å². The smallest absolute Gasteiger partial charge is 0.137 e. The first kappa shape index (κ1) is 10.8. The standard InChI is InChI=1S/C14H18N2O/c1-11-3-2-4-12-9-13(17-14(11)12)10-16-7-5-15-6-8-16/h2-4,9,15H,5-8,10H2,1H3. The number of hydrogen-bond donors (Lipinski definition) is 1. The van der Waals surface area contributed by atoms with Crippen molar-refractivity contribution in [3.05, 3.63) is 35.6 Å². The highest BCUT2D eigenvalue weighted by molar-refractivity contribution is 5.80. The zero-order valence-electron chi connectivity index (χ0n) is 10.2. The van der Waals surface area contributed by atoms with Gasteiger partial charge < -0.3 is 9.73 Å². The zero-order chi connectivity index (χ0) is 11.7. The van der Waals surface area contributed by atoms with Crippen molar-refractivity contribution in [3.63, 3.8) is 0 Å². The predicted octanol–water partition coefficient (Wildman–Crippen LogP) is 2.15. The van der Waals surface area contributed by atoms with Gasteiger partial charge in [0, 0.05) is 31.6 Å². The van der Waals surface area contributed by atoms with E-state index in [0.717, 1.165) is 44.1 Å². The minimum atomic E-state index is 0.926. The molecule has 0 saturated carbocycles. The summed E-state index contributed by atoms with van der Waals surface area (Å²) >= 11 is 0. The normalized spacial score (nSPS) is 17.7. The molecule has 1 saturated heterocycles. The van der Waals surface area contributed by atoms with Gasteiger partial charge in [-0.1, -0.05) is 18.2 Å². The molecule has 3 rings (SSSR count). The highest BCUT2D eigenvalue weighted by Crippen LogP contribution is 2.23. The number of furan rings is 1. The molecule has 17 heavy (non-hydrogen) atoms. The molecule has 2 aromatic rings. The fraction of sp³-hybridized carbons (Fsp3) is 0.429. The average Bonchev–Trinajstić information content (AvgIpc) is 2.74. The molecule has 1 N–H and O–H groups in total. The van der Waals surface area contributed by atoms with Gasteiger partial charge >= 0.3 is 0 Å². The summed E-state index contributed by atoms with van der Waals surface area (Å²) in [6.45, 7) is 7.40. The molecule has 0 atom stereocenters. The zero-order valence-corrected chi connectivity index (χ0v) is 10.2. The topological polar surface area (TPSA) is 28.4 Å². The molecule has 1 aromatic carbocycles. The Bertz CT molecular complexity index is 512. The number of fused-ring (bicyclic) bond motifs is 1. The SMILES string of the molecule is Cc1cccc2cc(CN3CCNCC3)oc12. The van der Waals surface area contributed by atoms with Crippen LogP contribution in [0.15, 0.2) is 28.7 Å². The van der Waals surface area contributed by atoms with E-state index in [1.165, 1.54) is 10.9 Å². The van der Waals surface area contributed by atoms with Crippen LogP contribution in [0.1, 0.15) is 11.3 Å². The van der Waals surface area contributed by atoms with Crippen LogP contribution in [0, 0.1) is 6.92 Å². The Kier molecular flexibility index (Phi) is 2.87. The Morgan fingerprint density at radius 2 is 2.12 bits per heavy atom. The summed E-state index contributed by atoms with van der Waals surface area (Å²) in [5.74, 6) is 1.08. The third-order valence-corrected chi connectivity index (χ3v) is 3.38. The molecule has 1 aliphatic heterocycles. The Morgan fingerprint density at radius 3 is 2.88 bits per heavy atom. The van der Waals surface area contributed by atoms with Gasteiger partial charge in [0.15, 0.2) is 0 Å². The molecule has 3 heteroatoms. The molecule has 0 radical (unpaired) electrons. The van der Waals surface area contributed by atoms with Crippen LogP contribution in [0.5, 0.6) is 0 Å². The molecule has 1 fully saturated rings. The molecule has 90 valence electrons. The van der Waals surface area contributed by atoms with Crippen molar-refractivity contribution in [2.24, 2.45) is 0 Å². The molecule has 1 aromatic heterocycles. The van der Waals surface area contributed by atoms with Crippen molar-refractivity contribution in [1.82, 2.24) is 10.2 Å². The van der Waals surface area contributed by atoms with E-state index in [-0.39, 0.29) is 0 Å². The lowest BCUT2D eigenvalue weighted by molar-refractivity contribution is 0.218. The van der Waals surface area contributed by atoms with E-state index >= 15 is 0 Å². The van der Waals surface area contributed by atoms with Crippen LogP contribution in [0.4, 0.5) is 0 Å². The number of benzene rings is 1. The first-order valence-electron chi connectivity index (χ1n) is 6.24. The van der Waals surface area contributed by atoms with Gasteiger partial charge in [-0.2, -0.15) is 0 Å². The van der Waals surface area contributed by atoms with Crippen LogP contribution in [-0.2, 0) is 6.54 Å². The maximum Gasteiger partial charge on any atom is 0.137 e. The Balaban J connectivity index is 1.83. The lowest BCUT2D eigenvalue weighted by atomic mass is 10.2. The minimum Gasteiger partial charge on any atom is -0.459 e. The quantitative estimate of drug-likeness (QED) is 0.857. The lowest BCUT2D eigenvalue weighted by Gasteiger charge is -2.26. The second kappa shape index (κ2) is 4.51. The van der Waals surface area contributed by atoms with E-state index in [4.69, 9.17) is 4.42 Å². The number of hydrogen-bond acceptors (Lipinski definition) is 3. The van der Waals surface area contributed by atoms with E-state index in [1.807, 2.05) is 0 Å². The number of rotatable bonds is 2. The van der Waals surface area contributed by atoms with Crippen LogP contribution in [-0.4, -0.2) is 31.1 Å². The number of piperazine rings is 1. The van der Waals surface area contributed by atoms with Crippen LogP contribution >= 0.6 is 0 Å². The van der Waals surface area contributed by atoms with Crippen molar-refractivity contribution in [1.29, 1.82) is 0 Å². The summed E-state index contributed by atoms with van der Waals surface area (Å²) in [6.07, 6.45) is 0. The number of nitrogens with one attached hydrogen (secondary N) is 1. The summed E-state index contributed by atoms with van der Waals surface area (Å²) in [5.41, 5.74) is 2.26. The molecule has 0 spiro atoms. The molecule has 0 amide bonds. The molecular formula is C14H18N2O. The third-order valence-electron chi connectivity index (χ3n) is 3.38. The first-order valence-corrected chi connectivity index (χ1v) is 6.24. The number of nitrogens with zero attached hydrogens (tertiary/aromatic N) is 1. The second-order valence-corrected chi connectivity index (χ2v) is 4.73. The lowest BCUT2D eigenvalue weighted by Crippen LogP contribution is -2.42. The highest BCUT2D eigenvalue weighted by atomic mass is 16.3. The van der Waals surface area contributed by atoms with Gasteiger partial charge in [-0.3, -0.25) is 4.90 Å². The maximum atomic E-state index is 5.94. The van der Waals surface area contributed by atoms with Crippen molar-refractivity contribution < 1.29 is 4.42 Å². The van der Waals surface area contributed by atoms with Gasteiger partial charge in [0.05, 0.1) is 6.54 Å². The summed E-state index contributed by atoms with van der Waals surface area (Å²) in [7, 11) is 0. The third kappa shape index (κ3) is 2.21. The number of aryl methyl sites for hydroxylation is 1. The monoisotopic (exact) mass is 230 g/mol. The van der Waals surface area contributed by atoms with E-state index in [9.17, 15) is 0 Å². The van der Waals surface area contributed by atoms with E-state index in [1.54, 1.807) is 0 Å². The van der Waals surface area contributed by atoms with Gasteiger partial charge in [-0.25, -0.2) is 0 Å². The van der Waals surface area contributed by atoms with E-state index in [0.29, 0.717) is 0 Å². The van der Waals surface area contributed by atoms with Gasteiger partial charge in [0.1, 0.15) is 11.3 Å². The summed E-state index contributed by atoms with van der Waals surface area (Å²) < 4.78 is 5.94. The average molecular weight is 230 g/mol. The molecule has 0 bridgehead atoms. The maximum absolute atomic E-state index is 5.94. The fourth-order valence-corrected chi connectivity index (χ4v) is 2.43. The predicted molar refractivity (Wildman–Crippen MR) is 69.1 cm³/mol. The van der Waals surface area contributed by atoms with Gasteiger partial charge in [0.2, 0.25) is 0 Å². The summed E-state index contributed by atoms with van der Waals surface area (Å²) in [6, 6.07) is 8.47. The molecule has 2 heterocycles. The highest BCUT2D eigenvalue weighted by Gasteiger charge is 2.13. The second-order valence-electron chi connectivity index (χ2n) is 4.73. The Hall–Kier alpha value is -1.32. The van der Waals surface area contributed by atoms with Crippen LogP contribution in [0.3, 0.4) is 0 Å². The van der Waals surface area contributed by atoms with Crippen molar-refractivity contribution >= 4 is 11.0 Å². The largest absolute Gasteiger partial charge is 0.459 e. The molecule has 3 nitrogen and oxygen atoms in total. The minimum absolute atomic E-state index is 0.926. The molecule has 0 unspecified atom stereocenters. The summed E-state index contributed by atoms with van der Waals surface area (Å²) in [4.78, 5) is 2.43. The van der Waals surface area contributed by atoms with Crippen LogP contribution in [0.25, 0.3) is 11.0 Å². The fourth-order valence-electron chi connectivity index (χ4n) is 2.43. The van der Waals surface area contributed by atoms with Gasteiger partial charge in [0.25, 0.3) is 0 Å². The van der Waals surface area contributed by atoms with Crippen molar-refractivity contribution in [2.45, 2.75) is 13.5 Å². The van der Waals surface area contributed by atoms with E-state index in [2.05, 4.69) is 41.4 Å². The Morgan fingerprint density at radius 1 is 1.29 bits per heavy atom.